The summed E-state index contributed by atoms with van der Waals surface area (Å²) in [6, 6.07) is 4.53. The molecule has 1 aromatic carbocycles. The second-order valence-corrected chi connectivity index (χ2v) is 10.8. The van der Waals surface area contributed by atoms with Gasteiger partial charge in [0.1, 0.15) is 0 Å². The number of sulfonamides is 1. The van der Waals surface area contributed by atoms with E-state index in [2.05, 4.69) is 5.32 Å². The van der Waals surface area contributed by atoms with Gasteiger partial charge in [-0.1, -0.05) is 25.8 Å². The molecule has 178 valence electrons. The van der Waals surface area contributed by atoms with E-state index in [1.54, 1.807) is 12.1 Å². The largest absolute Gasteiger partial charge is 0.490 e. The lowest BCUT2D eigenvalue weighted by atomic mass is 9.88. The van der Waals surface area contributed by atoms with E-state index in [-0.39, 0.29) is 29.4 Å². The van der Waals surface area contributed by atoms with Gasteiger partial charge in [0.05, 0.1) is 11.9 Å². The molecule has 1 saturated carbocycles. The predicted molar refractivity (Wildman–Crippen MR) is 119 cm³/mol. The number of imide groups is 1. The van der Waals surface area contributed by atoms with Crippen molar-refractivity contribution in [2.24, 2.45) is 17.0 Å². The van der Waals surface area contributed by atoms with Crippen molar-refractivity contribution in [3.05, 3.63) is 29.6 Å². The van der Waals surface area contributed by atoms with E-state index in [0.717, 1.165) is 12.8 Å². The number of ether oxygens (including phenoxy) is 1. The molecule has 1 aromatic rings. The summed E-state index contributed by atoms with van der Waals surface area (Å²) in [5.41, 5.74) is 0.698. The summed E-state index contributed by atoms with van der Waals surface area (Å²) in [5.74, 6) is -0.928. The third-order valence-corrected chi connectivity index (χ3v) is 7.92. The van der Waals surface area contributed by atoms with E-state index in [1.807, 2.05) is 6.92 Å². The van der Waals surface area contributed by atoms with Crippen LogP contribution in [0.2, 0.25) is 0 Å². The smallest absolute Gasteiger partial charge is 0.229 e. The summed E-state index contributed by atoms with van der Waals surface area (Å²) in [7, 11) is -3.84. The van der Waals surface area contributed by atoms with Gasteiger partial charge in [0, 0.05) is 18.3 Å². The maximum atomic E-state index is 14.2. The molecule has 0 radical (unpaired) electrons. The summed E-state index contributed by atoms with van der Waals surface area (Å²) in [6.45, 7) is 2.36. The molecule has 0 bridgehead atoms. The van der Waals surface area contributed by atoms with Crippen LogP contribution < -0.4 is 15.2 Å². The minimum absolute atomic E-state index is 0.152. The molecule has 2 fully saturated rings. The molecule has 2 amide bonds. The molecule has 3 atom stereocenters. The molecule has 0 spiro atoms. The van der Waals surface area contributed by atoms with Gasteiger partial charge in [-0.2, -0.15) is 0 Å². The first-order valence-corrected chi connectivity index (χ1v) is 13.1. The molecule has 2 unspecified atom stereocenters. The normalized spacial score (nSPS) is 21.2. The van der Waals surface area contributed by atoms with Crippen LogP contribution in [-0.4, -0.2) is 32.1 Å². The number of halogens is 1. The summed E-state index contributed by atoms with van der Waals surface area (Å²) in [6.07, 6.45) is 5.76. The molecule has 1 saturated heterocycles. The van der Waals surface area contributed by atoms with Crippen LogP contribution in [0.4, 0.5) is 4.39 Å². The Bertz CT molecular complexity index is 932. The van der Waals surface area contributed by atoms with Crippen molar-refractivity contribution < 1.29 is 27.1 Å². The van der Waals surface area contributed by atoms with E-state index in [0.29, 0.717) is 63.0 Å². The number of hydrogen-bond acceptors (Lipinski definition) is 5. The van der Waals surface area contributed by atoms with Crippen LogP contribution >= 0.6 is 0 Å². The number of primary sulfonamides is 1. The van der Waals surface area contributed by atoms with E-state index in [4.69, 9.17) is 9.88 Å². The van der Waals surface area contributed by atoms with Crippen LogP contribution in [0.1, 0.15) is 76.2 Å². The number of nitrogens with two attached hydrogens (primary N) is 1. The fraction of sp³-hybridized carbons (Fsp3) is 0.652. The zero-order valence-electron chi connectivity index (χ0n) is 18.5. The Kier molecular flexibility index (Phi) is 8.27. The summed E-state index contributed by atoms with van der Waals surface area (Å²) >= 11 is 0. The maximum absolute atomic E-state index is 14.2. The Labute approximate surface area is 189 Å². The molecule has 1 heterocycles. The molecule has 3 rings (SSSR count). The van der Waals surface area contributed by atoms with Gasteiger partial charge in [-0.15, -0.1) is 0 Å². The monoisotopic (exact) mass is 468 g/mol. The number of amides is 2. The number of carbonyl (C=O) groups is 2. The second-order valence-electron chi connectivity index (χ2n) is 9.02. The Balaban J connectivity index is 1.64. The Morgan fingerprint density at radius 2 is 1.97 bits per heavy atom. The number of carbonyl (C=O) groups excluding carboxylic acids is 2. The van der Waals surface area contributed by atoms with Gasteiger partial charge in [-0.25, -0.2) is 17.9 Å². The standard InChI is InChI=1S/C23H33FN2O5S/c1-2-18(17-9-11-19(24)20(13-17)31-14-15-7-8-15)21(32(25,29)30)6-4-3-5-16-10-12-22(27)26-23(16)28/h9,11,13,15-16,18,21H,2-8,10,12,14H2,1H3,(H2,25,29,30)(H,26,27,28)/t16?,18-,21?/m1/s1. The van der Waals surface area contributed by atoms with Crippen molar-refractivity contribution >= 4 is 21.8 Å². The van der Waals surface area contributed by atoms with Gasteiger partial charge in [0.15, 0.2) is 11.6 Å². The summed E-state index contributed by atoms with van der Waals surface area (Å²) in [4.78, 5) is 23.2. The highest BCUT2D eigenvalue weighted by molar-refractivity contribution is 7.89. The predicted octanol–water partition coefficient (Wildman–Crippen LogP) is 3.38. The third-order valence-electron chi connectivity index (χ3n) is 6.51. The molecule has 7 nitrogen and oxygen atoms in total. The van der Waals surface area contributed by atoms with Crippen LogP contribution in [0.15, 0.2) is 18.2 Å². The van der Waals surface area contributed by atoms with Crippen molar-refractivity contribution in [1.29, 1.82) is 0 Å². The average Bonchev–Trinajstić information content (AvgIpc) is 3.55. The van der Waals surface area contributed by atoms with Crippen LogP contribution in [0.25, 0.3) is 0 Å². The van der Waals surface area contributed by atoms with Gasteiger partial charge in [-0.3, -0.25) is 14.9 Å². The minimum atomic E-state index is -3.84. The Hall–Kier alpha value is -2.00. The van der Waals surface area contributed by atoms with Crippen LogP contribution in [0, 0.1) is 17.7 Å². The quantitative estimate of drug-likeness (QED) is 0.360. The highest BCUT2D eigenvalue weighted by atomic mass is 32.2. The summed E-state index contributed by atoms with van der Waals surface area (Å²) in [5, 5.41) is 7.13. The number of benzene rings is 1. The fourth-order valence-corrected chi connectivity index (χ4v) is 5.71. The van der Waals surface area contributed by atoms with Crippen molar-refractivity contribution in [3.63, 3.8) is 0 Å². The van der Waals surface area contributed by atoms with Gasteiger partial charge >= 0.3 is 0 Å². The van der Waals surface area contributed by atoms with Gasteiger partial charge in [-0.05, 0) is 62.1 Å². The van der Waals surface area contributed by atoms with E-state index < -0.39 is 21.1 Å². The van der Waals surface area contributed by atoms with E-state index >= 15 is 0 Å². The zero-order chi connectivity index (χ0) is 23.3. The topological polar surface area (TPSA) is 116 Å². The number of hydrogen-bond donors (Lipinski definition) is 2. The summed E-state index contributed by atoms with van der Waals surface area (Å²) < 4.78 is 44.7. The molecule has 32 heavy (non-hydrogen) atoms. The Morgan fingerprint density at radius 3 is 2.59 bits per heavy atom. The lowest BCUT2D eigenvalue weighted by Crippen LogP contribution is -2.40. The molecule has 2 aliphatic rings. The van der Waals surface area contributed by atoms with Crippen LogP contribution in [-0.2, 0) is 19.6 Å². The van der Waals surface area contributed by atoms with Crippen molar-refractivity contribution in [2.45, 2.75) is 75.9 Å². The van der Waals surface area contributed by atoms with Gasteiger partial charge in [0.25, 0.3) is 0 Å². The lowest BCUT2D eigenvalue weighted by Gasteiger charge is -2.26. The van der Waals surface area contributed by atoms with Crippen molar-refractivity contribution in [3.8, 4) is 5.75 Å². The molecule has 1 aliphatic heterocycles. The van der Waals surface area contributed by atoms with E-state index in [9.17, 15) is 22.4 Å². The fourth-order valence-electron chi connectivity index (χ4n) is 4.41. The number of unbranched alkanes of at least 4 members (excludes halogenated alkanes) is 1. The molecule has 1 aliphatic carbocycles. The second kappa shape index (κ2) is 10.7. The SMILES string of the molecule is CC[C@H](c1ccc(F)c(OCC2CC2)c1)C(CCCCC1CCC(=O)NC1=O)S(N)(=O)=O. The number of rotatable bonds is 12. The zero-order valence-corrected chi connectivity index (χ0v) is 19.3. The molecule has 3 N–H and O–H groups in total. The number of nitrogens with one attached hydrogen (secondary N) is 1. The third kappa shape index (κ3) is 6.75. The maximum Gasteiger partial charge on any atom is 0.229 e. The number of piperidine rings is 1. The highest BCUT2D eigenvalue weighted by Gasteiger charge is 2.32. The first-order valence-electron chi connectivity index (χ1n) is 11.5. The van der Waals surface area contributed by atoms with Gasteiger partial charge in [0.2, 0.25) is 21.8 Å². The first kappa shape index (κ1) is 24.6. The molecule has 9 heteroatoms. The average molecular weight is 469 g/mol. The molecular formula is C23H33FN2O5S. The van der Waals surface area contributed by atoms with Crippen molar-refractivity contribution in [2.75, 3.05) is 6.61 Å². The highest BCUT2D eigenvalue weighted by Crippen LogP contribution is 2.35. The molecule has 0 aromatic heterocycles. The van der Waals surface area contributed by atoms with Gasteiger partial charge < -0.3 is 4.74 Å². The minimum Gasteiger partial charge on any atom is -0.490 e. The van der Waals surface area contributed by atoms with Crippen LogP contribution in [0.5, 0.6) is 5.75 Å². The Morgan fingerprint density at radius 1 is 1.22 bits per heavy atom. The van der Waals surface area contributed by atoms with Crippen LogP contribution in [0.3, 0.4) is 0 Å². The molecular weight excluding hydrogens is 435 g/mol. The first-order chi connectivity index (χ1) is 15.2. The lowest BCUT2D eigenvalue weighted by molar-refractivity contribution is -0.136. The van der Waals surface area contributed by atoms with E-state index in [1.165, 1.54) is 6.07 Å². The van der Waals surface area contributed by atoms with Crippen molar-refractivity contribution in [1.82, 2.24) is 5.32 Å².